The third kappa shape index (κ3) is 2.61. The van der Waals surface area contributed by atoms with Crippen LogP contribution in [0.15, 0.2) is 12.3 Å². The number of rotatable bonds is 4. The number of amides is 1. The summed E-state index contributed by atoms with van der Waals surface area (Å²) in [5.41, 5.74) is 7.09. The second-order valence-corrected chi connectivity index (χ2v) is 5.69. The molecule has 1 aromatic heterocycles. The van der Waals surface area contributed by atoms with Gasteiger partial charge in [-0.2, -0.15) is 0 Å². The molecule has 1 aromatic rings. The molecule has 104 valence electrons. The zero-order valence-corrected chi connectivity index (χ0v) is 11.3. The van der Waals surface area contributed by atoms with Crippen molar-refractivity contribution >= 4 is 11.6 Å². The van der Waals surface area contributed by atoms with Gasteiger partial charge in [-0.3, -0.25) is 4.79 Å². The van der Waals surface area contributed by atoms with Gasteiger partial charge < -0.3 is 19.9 Å². The van der Waals surface area contributed by atoms with Crippen molar-refractivity contribution in [2.45, 2.75) is 25.3 Å². The zero-order valence-electron chi connectivity index (χ0n) is 11.3. The number of nitrogens with zero attached hydrogens (tertiary/aromatic N) is 2. The molecule has 5 heteroatoms. The minimum atomic E-state index is 0.105. The van der Waals surface area contributed by atoms with Crippen LogP contribution in [0.3, 0.4) is 0 Å². The van der Waals surface area contributed by atoms with Crippen LogP contribution in [0.4, 0.5) is 5.69 Å². The fourth-order valence-electron chi connectivity index (χ4n) is 2.74. The molecule has 1 amide bonds. The number of carbonyl (C=O) groups is 1. The van der Waals surface area contributed by atoms with Crippen molar-refractivity contribution in [3.05, 3.63) is 18.0 Å². The molecule has 0 bridgehead atoms. The molecule has 2 N–H and O–H groups in total. The lowest BCUT2D eigenvalue weighted by Crippen LogP contribution is -2.38. The quantitative estimate of drug-likeness (QED) is 0.889. The molecular formula is C14H21N3O2. The van der Waals surface area contributed by atoms with Gasteiger partial charge in [0.25, 0.3) is 5.91 Å². The predicted octanol–water partition coefficient (Wildman–Crippen LogP) is 1.25. The molecular weight excluding hydrogens is 242 g/mol. The summed E-state index contributed by atoms with van der Waals surface area (Å²) < 4.78 is 7.23. The summed E-state index contributed by atoms with van der Waals surface area (Å²) in [7, 11) is 1.87. The minimum Gasteiger partial charge on any atom is -0.397 e. The highest BCUT2D eigenvalue weighted by atomic mass is 16.5. The Bertz CT molecular complexity index is 473. The van der Waals surface area contributed by atoms with E-state index < -0.39 is 0 Å². The van der Waals surface area contributed by atoms with E-state index in [-0.39, 0.29) is 5.91 Å². The number of aromatic nitrogens is 1. The number of carbonyl (C=O) groups excluding carboxylic acids is 1. The van der Waals surface area contributed by atoms with Crippen LogP contribution < -0.4 is 5.73 Å². The Hall–Kier alpha value is -1.49. The maximum atomic E-state index is 12.7. The number of hydrogen-bond donors (Lipinski definition) is 1. The number of ether oxygens (including phenoxy) is 1. The molecule has 1 saturated heterocycles. The molecule has 1 aliphatic carbocycles. The molecule has 1 atom stereocenters. The number of anilines is 1. The van der Waals surface area contributed by atoms with Crippen molar-refractivity contribution < 1.29 is 9.53 Å². The zero-order chi connectivity index (χ0) is 13.4. The SMILES string of the molecule is Cn1cc(N)cc1C(=O)N(CC1CCOC1)C1CC1. The second kappa shape index (κ2) is 4.89. The van der Waals surface area contributed by atoms with Gasteiger partial charge in [-0.1, -0.05) is 0 Å². The topological polar surface area (TPSA) is 60.5 Å². The predicted molar refractivity (Wildman–Crippen MR) is 72.8 cm³/mol. The Balaban J connectivity index is 1.75. The third-order valence-electron chi connectivity index (χ3n) is 3.97. The van der Waals surface area contributed by atoms with Crippen molar-refractivity contribution in [1.29, 1.82) is 0 Å². The first-order valence-electron chi connectivity index (χ1n) is 6.95. The monoisotopic (exact) mass is 263 g/mol. The highest BCUT2D eigenvalue weighted by Gasteiger charge is 2.36. The van der Waals surface area contributed by atoms with Gasteiger partial charge in [-0.15, -0.1) is 0 Å². The van der Waals surface area contributed by atoms with E-state index in [9.17, 15) is 4.79 Å². The van der Waals surface area contributed by atoms with E-state index >= 15 is 0 Å². The maximum absolute atomic E-state index is 12.7. The highest BCUT2D eigenvalue weighted by Crippen LogP contribution is 2.30. The van der Waals surface area contributed by atoms with E-state index in [2.05, 4.69) is 0 Å². The van der Waals surface area contributed by atoms with Crippen LogP contribution in [0, 0.1) is 5.92 Å². The van der Waals surface area contributed by atoms with E-state index in [0.717, 1.165) is 39.0 Å². The van der Waals surface area contributed by atoms with E-state index in [1.165, 1.54) is 0 Å². The summed E-state index contributed by atoms with van der Waals surface area (Å²) in [5.74, 6) is 0.593. The Kier molecular flexibility index (Phi) is 3.22. The molecule has 0 spiro atoms. The Morgan fingerprint density at radius 2 is 2.32 bits per heavy atom. The van der Waals surface area contributed by atoms with Crippen LogP contribution >= 0.6 is 0 Å². The summed E-state index contributed by atoms with van der Waals surface area (Å²) in [5, 5.41) is 0. The van der Waals surface area contributed by atoms with Gasteiger partial charge >= 0.3 is 0 Å². The van der Waals surface area contributed by atoms with E-state index in [1.54, 1.807) is 12.3 Å². The van der Waals surface area contributed by atoms with Gasteiger partial charge in [-0.05, 0) is 25.3 Å². The molecule has 2 heterocycles. The Labute approximate surface area is 113 Å². The summed E-state index contributed by atoms with van der Waals surface area (Å²) in [4.78, 5) is 14.7. The second-order valence-electron chi connectivity index (χ2n) is 5.69. The van der Waals surface area contributed by atoms with Gasteiger partial charge in [0.2, 0.25) is 0 Å². The van der Waals surface area contributed by atoms with Gasteiger partial charge in [0.05, 0.1) is 12.3 Å². The van der Waals surface area contributed by atoms with Crippen molar-refractivity contribution in [1.82, 2.24) is 9.47 Å². The first-order chi connectivity index (χ1) is 9.15. The summed E-state index contributed by atoms with van der Waals surface area (Å²) in [6, 6.07) is 2.19. The van der Waals surface area contributed by atoms with E-state index in [0.29, 0.717) is 23.3 Å². The third-order valence-corrected chi connectivity index (χ3v) is 3.97. The van der Waals surface area contributed by atoms with Crippen molar-refractivity contribution in [2.75, 3.05) is 25.5 Å². The van der Waals surface area contributed by atoms with Crippen LogP contribution in [-0.4, -0.2) is 41.2 Å². The highest BCUT2D eigenvalue weighted by molar-refractivity contribution is 5.94. The Morgan fingerprint density at radius 1 is 1.53 bits per heavy atom. The Morgan fingerprint density at radius 3 is 2.84 bits per heavy atom. The van der Waals surface area contributed by atoms with Crippen molar-refractivity contribution in [2.24, 2.45) is 13.0 Å². The van der Waals surface area contributed by atoms with Crippen LogP contribution in [0.1, 0.15) is 29.8 Å². The summed E-state index contributed by atoms with van der Waals surface area (Å²) in [6.07, 6.45) is 5.10. The first-order valence-corrected chi connectivity index (χ1v) is 6.95. The molecule has 19 heavy (non-hydrogen) atoms. The average Bonchev–Trinajstić information content (AvgIpc) is 2.97. The molecule has 2 aliphatic rings. The van der Waals surface area contributed by atoms with Crippen molar-refractivity contribution in [3.8, 4) is 0 Å². The minimum absolute atomic E-state index is 0.105. The normalized spacial score (nSPS) is 22.7. The lowest BCUT2D eigenvalue weighted by molar-refractivity contribution is 0.0696. The van der Waals surface area contributed by atoms with Crippen LogP contribution in [0.25, 0.3) is 0 Å². The van der Waals surface area contributed by atoms with Crippen LogP contribution in [0.2, 0.25) is 0 Å². The fourth-order valence-corrected chi connectivity index (χ4v) is 2.74. The maximum Gasteiger partial charge on any atom is 0.270 e. The summed E-state index contributed by atoms with van der Waals surface area (Å²) >= 11 is 0. The average molecular weight is 263 g/mol. The molecule has 1 aliphatic heterocycles. The van der Waals surface area contributed by atoms with Gasteiger partial charge in [-0.25, -0.2) is 0 Å². The lowest BCUT2D eigenvalue weighted by Gasteiger charge is -2.25. The lowest BCUT2D eigenvalue weighted by atomic mass is 10.1. The molecule has 0 aromatic carbocycles. The number of nitrogen functional groups attached to an aromatic ring is 1. The largest absolute Gasteiger partial charge is 0.397 e. The van der Waals surface area contributed by atoms with Gasteiger partial charge in [0, 0.05) is 38.4 Å². The number of nitrogens with two attached hydrogens (primary N) is 1. The van der Waals surface area contributed by atoms with E-state index in [1.807, 2.05) is 16.5 Å². The number of hydrogen-bond acceptors (Lipinski definition) is 3. The first kappa shape index (κ1) is 12.5. The molecule has 1 saturated carbocycles. The van der Waals surface area contributed by atoms with Crippen LogP contribution in [-0.2, 0) is 11.8 Å². The van der Waals surface area contributed by atoms with Gasteiger partial charge in [0.1, 0.15) is 5.69 Å². The standard InChI is InChI=1S/C14H21N3O2/c1-16-8-11(15)6-13(16)14(18)17(12-2-3-12)7-10-4-5-19-9-10/h6,8,10,12H,2-5,7,9,15H2,1H3. The molecule has 0 radical (unpaired) electrons. The molecule has 1 unspecified atom stereocenters. The summed E-state index contributed by atoms with van der Waals surface area (Å²) in [6.45, 7) is 2.43. The van der Waals surface area contributed by atoms with Crippen molar-refractivity contribution in [3.63, 3.8) is 0 Å². The van der Waals surface area contributed by atoms with Crippen LogP contribution in [0.5, 0.6) is 0 Å². The fraction of sp³-hybridized carbons (Fsp3) is 0.643. The molecule has 3 rings (SSSR count). The molecule has 2 fully saturated rings. The number of aryl methyl sites for hydroxylation is 1. The van der Waals surface area contributed by atoms with E-state index in [4.69, 9.17) is 10.5 Å². The molecule has 5 nitrogen and oxygen atoms in total. The van der Waals surface area contributed by atoms with Gasteiger partial charge in [0.15, 0.2) is 0 Å². The smallest absolute Gasteiger partial charge is 0.270 e.